The Morgan fingerprint density at radius 3 is 2.44 bits per heavy atom. The van der Waals surface area contributed by atoms with Crippen molar-refractivity contribution in [2.45, 2.75) is 52.7 Å². The fourth-order valence-electron chi connectivity index (χ4n) is 3.29. The maximum Gasteiger partial charge on any atom is 0.435 e. The summed E-state index contributed by atoms with van der Waals surface area (Å²) >= 11 is 0. The Morgan fingerprint density at radius 2 is 1.84 bits per heavy atom. The van der Waals surface area contributed by atoms with Crippen LogP contribution in [0.2, 0.25) is 0 Å². The first kappa shape index (κ1) is 23.7. The largest absolute Gasteiger partial charge is 0.496 e. The Labute approximate surface area is 188 Å². The van der Waals surface area contributed by atoms with Crippen molar-refractivity contribution in [1.29, 1.82) is 0 Å². The number of hydrogen-bond acceptors (Lipinski definition) is 5. The molecule has 0 radical (unpaired) electrons. The van der Waals surface area contributed by atoms with Crippen molar-refractivity contribution in [3.05, 3.63) is 59.1 Å². The maximum absolute atomic E-state index is 13.1. The Morgan fingerprint density at radius 1 is 1.16 bits per heavy atom. The van der Waals surface area contributed by atoms with E-state index in [4.69, 9.17) is 9.47 Å². The number of rotatable bonds is 9. The zero-order valence-electron chi connectivity index (χ0n) is 19.1. The van der Waals surface area contributed by atoms with Crippen LogP contribution in [-0.2, 0) is 25.7 Å². The van der Waals surface area contributed by atoms with Gasteiger partial charge in [0.25, 0.3) is 12.3 Å². The molecule has 1 atom stereocenters. The molecule has 0 bridgehead atoms. The summed E-state index contributed by atoms with van der Waals surface area (Å²) in [5, 5.41) is 0. The summed E-state index contributed by atoms with van der Waals surface area (Å²) in [6, 6.07) is 9.00. The van der Waals surface area contributed by atoms with E-state index in [1.54, 1.807) is 20.8 Å². The molecule has 8 heteroatoms. The lowest BCUT2D eigenvalue weighted by Crippen LogP contribution is -3.16. The predicted octanol–water partition coefficient (Wildman–Crippen LogP) is 1.83. The smallest absolute Gasteiger partial charge is 0.435 e. The Hall–Kier alpha value is -2.97. The van der Waals surface area contributed by atoms with Crippen molar-refractivity contribution in [3.63, 3.8) is 0 Å². The van der Waals surface area contributed by atoms with Gasteiger partial charge in [-0.15, -0.1) is 4.90 Å². The van der Waals surface area contributed by atoms with Gasteiger partial charge in [-0.2, -0.15) is 0 Å². The van der Waals surface area contributed by atoms with Crippen molar-refractivity contribution < 1.29 is 33.5 Å². The van der Waals surface area contributed by atoms with Gasteiger partial charge in [0.15, 0.2) is 6.61 Å². The van der Waals surface area contributed by atoms with Crippen molar-refractivity contribution in [2.24, 2.45) is 0 Å². The zero-order chi connectivity index (χ0) is 23.3. The van der Waals surface area contributed by atoms with Gasteiger partial charge in [-0.05, 0) is 46.1 Å². The second kappa shape index (κ2) is 10.1. The van der Waals surface area contributed by atoms with Gasteiger partial charge >= 0.3 is 17.9 Å². The molecule has 0 aromatic heterocycles. The number of hydrogen-bond donors (Lipinski definition) is 1. The quantitative estimate of drug-likeness (QED) is 0.357. The van der Waals surface area contributed by atoms with Crippen molar-refractivity contribution in [2.75, 3.05) is 19.8 Å². The molecular formula is C24H32N2O6+2. The van der Waals surface area contributed by atoms with E-state index in [-0.39, 0.29) is 23.7 Å². The van der Waals surface area contributed by atoms with E-state index >= 15 is 0 Å². The number of urea groups is 1. The summed E-state index contributed by atoms with van der Waals surface area (Å²) < 4.78 is 15.4. The minimum absolute atomic E-state index is 0.0264. The highest BCUT2D eigenvalue weighted by Gasteiger charge is 2.48. The molecule has 1 aromatic carbocycles. The summed E-state index contributed by atoms with van der Waals surface area (Å²) in [5.74, 6) is -0.470. The van der Waals surface area contributed by atoms with Gasteiger partial charge in [0, 0.05) is 5.56 Å². The van der Waals surface area contributed by atoms with E-state index in [0.29, 0.717) is 13.2 Å². The lowest BCUT2D eigenvalue weighted by Gasteiger charge is -2.19. The SMILES string of the molecule is CCOC(CN1C=C(C(=O)OC(C)(C)C)[NH+](C(=O)C[OH+]Cc2ccccc2)C1=O)=C1CC1. The average molecular weight is 445 g/mol. The minimum Gasteiger partial charge on any atom is -0.496 e. The average Bonchev–Trinajstić information content (AvgIpc) is 3.51. The minimum atomic E-state index is -0.757. The van der Waals surface area contributed by atoms with Crippen LogP contribution >= 0.6 is 0 Å². The van der Waals surface area contributed by atoms with E-state index in [9.17, 15) is 14.4 Å². The first-order valence-electron chi connectivity index (χ1n) is 10.9. The Kier molecular flexibility index (Phi) is 7.48. The molecule has 32 heavy (non-hydrogen) atoms. The molecule has 0 saturated heterocycles. The van der Waals surface area contributed by atoms with E-state index in [2.05, 4.69) is 4.74 Å². The maximum atomic E-state index is 13.1. The highest BCUT2D eigenvalue weighted by molar-refractivity contribution is 5.95. The number of nitrogens with zero attached hydrogens (tertiary/aromatic N) is 1. The van der Waals surface area contributed by atoms with Crippen LogP contribution in [0, 0.1) is 0 Å². The van der Waals surface area contributed by atoms with Crippen LogP contribution in [0.4, 0.5) is 4.79 Å². The summed E-state index contributed by atoms with van der Waals surface area (Å²) in [6.07, 6.45) is 3.28. The van der Waals surface area contributed by atoms with E-state index < -0.39 is 23.5 Å². The molecule has 3 rings (SSSR count). The van der Waals surface area contributed by atoms with Gasteiger partial charge in [-0.25, -0.2) is 14.4 Å². The van der Waals surface area contributed by atoms with E-state index in [1.807, 2.05) is 37.3 Å². The number of imide groups is 1. The number of aliphatic hydroxyl groups is 2. The van der Waals surface area contributed by atoms with Crippen LogP contribution in [0.3, 0.4) is 0 Å². The topological polar surface area (TPSA) is 90.2 Å². The first-order valence-corrected chi connectivity index (χ1v) is 10.9. The number of esters is 1. The number of allylic oxidation sites excluding steroid dienone is 1. The van der Waals surface area contributed by atoms with Crippen LogP contribution in [0.15, 0.2) is 53.6 Å². The first-order chi connectivity index (χ1) is 15.2. The van der Waals surface area contributed by atoms with Gasteiger partial charge in [-0.1, -0.05) is 30.3 Å². The molecule has 1 heterocycles. The number of carbonyl (C=O) groups excluding carboxylic acids is 3. The van der Waals surface area contributed by atoms with Gasteiger partial charge in [0.1, 0.15) is 11.4 Å². The molecule has 3 amide bonds. The molecule has 1 saturated carbocycles. The highest BCUT2D eigenvalue weighted by atomic mass is 16.6. The summed E-state index contributed by atoms with van der Waals surface area (Å²) in [4.78, 5) is 40.1. The van der Waals surface area contributed by atoms with Crippen LogP contribution in [0.1, 0.15) is 46.1 Å². The summed E-state index contributed by atoms with van der Waals surface area (Å²) in [5.41, 5.74) is 1.34. The lowest BCUT2D eigenvalue weighted by atomic mass is 10.2. The second-order valence-electron chi connectivity index (χ2n) is 8.76. The van der Waals surface area contributed by atoms with Crippen LogP contribution in [0.25, 0.3) is 0 Å². The third-order valence-corrected chi connectivity index (χ3v) is 4.85. The normalized spacial score (nSPS) is 17.8. The fourth-order valence-corrected chi connectivity index (χ4v) is 3.29. The number of amides is 3. The molecule has 0 spiro atoms. The fraction of sp³-hybridized carbons (Fsp3) is 0.458. The molecule has 1 aliphatic carbocycles. The van der Waals surface area contributed by atoms with Crippen molar-refractivity contribution in [3.8, 4) is 0 Å². The number of quaternary nitrogens is 1. The standard InChI is InChI=1S/C24H30N2O6/c1-5-31-20(18-11-12-18)14-25-13-19(22(28)32-24(2,3)4)26(23(25)29)21(27)16-30-15-17-9-7-6-8-10-17/h6-10,13H,5,11-12,14-16H2,1-4H3/p+2. The summed E-state index contributed by atoms with van der Waals surface area (Å²) in [6.45, 7) is 7.92. The van der Waals surface area contributed by atoms with E-state index in [1.165, 1.54) is 11.1 Å². The van der Waals surface area contributed by atoms with Crippen molar-refractivity contribution in [1.82, 2.24) is 4.90 Å². The molecule has 8 nitrogen and oxygen atoms in total. The Balaban J connectivity index is 1.74. The molecule has 1 fully saturated rings. The number of benzene rings is 1. The highest BCUT2D eigenvalue weighted by Crippen LogP contribution is 2.32. The predicted molar refractivity (Wildman–Crippen MR) is 117 cm³/mol. The molecular weight excluding hydrogens is 412 g/mol. The third kappa shape index (κ3) is 6.27. The zero-order valence-corrected chi connectivity index (χ0v) is 19.1. The van der Waals surface area contributed by atoms with E-state index in [0.717, 1.165) is 29.7 Å². The number of nitrogens with one attached hydrogen (secondary N) is 1. The molecule has 172 valence electrons. The summed E-state index contributed by atoms with van der Waals surface area (Å²) in [7, 11) is 0. The van der Waals surface area contributed by atoms with Crippen LogP contribution in [-0.4, -0.2) is 52.9 Å². The molecule has 2 aliphatic rings. The second-order valence-corrected chi connectivity index (χ2v) is 8.76. The monoisotopic (exact) mass is 444 g/mol. The lowest BCUT2D eigenvalue weighted by molar-refractivity contribution is -0.682. The van der Waals surface area contributed by atoms with Gasteiger partial charge in [0.2, 0.25) is 0 Å². The van der Waals surface area contributed by atoms with Gasteiger partial charge in [-0.3, -0.25) is 4.90 Å². The molecule has 1 unspecified atom stereocenters. The molecule has 2 N–H and O–H groups in total. The molecule has 1 aromatic rings. The van der Waals surface area contributed by atoms with Crippen molar-refractivity contribution >= 4 is 17.9 Å². The number of carbonyl (C=O) groups is 3. The van der Waals surface area contributed by atoms with Gasteiger partial charge in [0.05, 0.1) is 19.4 Å². The third-order valence-electron chi connectivity index (χ3n) is 4.85. The van der Waals surface area contributed by atoms with Crippen LogP contribution < -0.4 is 4.90 Å². The number of ether oxygens (including phenoxy) is 3. The molecule has 1 aliphatic heterocycles. The van der Waals surface area contributed by atoms with Crippen LogP contribution in [0.5, 0.6) is 0 Å². The Bertz CT molecular complexity index is 924. The van der Waals surface area contributed by atoms with Gasteiger partial charge < -0.3 is 14.2 Å².